The Hall–Kier alpha value is -1.39. The van der Waals surface area contributed by atoms with Gasteiger partial charge in [-0.15, -0.1) is 0 Å². The SMILES string of the molecule is CCCNCc1ccc(Oc2cncc(Br)c2)cc1C. The molecule has 2 aromatic rings. The summed E-state index contributed by atoms with van der Waals surface area (Å²) in [5, 5.41) is 3.41. The summed E-state index contributed by atoms with van der Waals surface area (Å²) in [6, 6.07) is 8.07. The van der Waals surface area contributed by atoms with Crippen LogP contribution in [-0.2, 0) is 6.54 Å². The molecule has 0 aliphatic heterocycles. The number of rotatable bonds is 6. The third kappa shape index (κ3) is 4.32. The summed E-state index contributed by atoms with van der Waals surface area (Å²) >= 11 is 3.39. The first-order valence-corrected chi connectivity index (χ1v) is 7.57. The number of pyridine rings is 1. The molecule has 0 saturated heterocycles. The summed E-state index contributed by atoms with van der Waals surface area (Å²) in [5.74, 6) is 1.57. The second-order valence-electron chi connectivity index (χ2n) is 4.71. The molecule has 0 atom stereocenters. The Bertz CT molecular complexity index is 572. The largest absolute Gasteiger partial charge is 0.456 e. The molecule has 1 N–H and O–H groups in total. The molecule has 0 amide bonds. The fourth-order valence-corrected chi connectivity index (χ4v) is 2.26. The van der Waals surface area contributed by atoms with Crippen molar-refractivity contribution in [2.45, 2.75) is 26.8 Å². The lowest BCUT2D eigenvalue weighted by atomic mass is 10.1. The van der Waals surface area contributed by atoms with E-state index in [1.54, 1.807) is 12.4 Å². The molecule has 1 aromatic carbocycles. The molecule has 4 heteroatoms. The lowest BCUT2D eigenvalue weighted by molar-refractivity contribution is 0.479. The van der Waals surface area contributed by atoms with E-state index in [0.717, 1.165) is 35.5 Å². The molecular weight excluding hydrogens is 316 g/mol. The Kier molecular flexibility index (Phi) is 5.56. The number of aryl methyl sites for hydroxylation is 1. The Morgan fingerprint density at radius 2 is 2.05 bits per heavy atom. The first kappa shape index (κ1) is 15.0. The molecule has 0 spiro atoms. The van der Waals surface area contributed by atoms with Crippen molar-refractivity contribution in [3.63, 3.8) is 0 Å². The van der Waals surface area contributed by atoms with E-state index in [-0.39, 0.29) is 0 Å². The highest BCUT2D eigenvalue weighted by Gasteiger charge is 2.03. The maximum Gasteiger partial charge on any atom is 0.146 e. The van der Waals surface area contributed by atoms with Crippen LogP contribution in [0.25, 0.3) is 0 Å². The molecule has 0 radical (unpaired) electrons. The number of ether oxygens (including phenoxy) is 1. The maximum atomic E-state index is 5.81. The van der Waals surface area contributed by atoms with Crippen LogP contribution >= 0.6 is 15.9 Å². The highest BCUT2D eigenvalue weighted by Crippen LogP contribution is 2.25. The van der Waals surface area contributed by atoms with Gasteiger partial charge in [0.2, 0.25) is 0 Å². The number of benzene rings is 1. The molecule has 0 aliphatic rings. The smallest absolute Gasteiger partial charge is 0.146 e. The van der Waals surface area contributed by atoms with Crippen LogP contribution in [0.3, 0.4) is 0 Å². The van der Waals surface area contributed by atoms with Gasteiger partial charge in [0.15, 0.2) is 0 Å². The van der Waals surface area contributed by atoms with Gasteiger partial charge in [0.25, 0.3) is 0 Å². The molecule has 0 fully saturated rings. The summed E-state index contributed by atoms with van der Waals surface area (Å²) in [4.78, 5) is 4.09. The predicted molar refractivity (Wildman–Crippen MR) is 85.2 cm³/mol. The van der Waals surface area contributed by atoms with Gasteiger partial charge >= 0.3 is 0 Å². The quantitative estimate of drug-likeness (QED) is 0.792. The third-order valence-corrected chi connectivity index (χ3v) is 3.41. The van der Waals surface area contributed by atoms with Crippen LogP contribution < -0.4 is 10.1 Å². The predicted octanol–water partition coefficient (Wildman–Crippen LogP) is 4.44. The van der Waals surface area contributed by atoms with Crippen molar-refractivity contribution in [3.8, 4) is 11.5 Å². The van der Waals surface area contributed by atoms with Gasteiger partial charge < -0.3 is 10.1 Å². The molecule has 0 bridgehead atoms. The molecule has 20 heavy (non-hydrogen) atoms. The Labute approximate surface area is 128 Å². The molecule has 1 aromatic heterocycles. The first-order valence-electron chi connectivity index (χ1n) is 6.77. The van der Waals surface area contributed by atoms with E-state index in [0.29, 0.717) is 0 Å². The summed E-state index contributed by atoms with van der Waals surface area (Å²) in [7, 11) is 0. The van der Waals surface area contributed by atoms with E-state index in [9.17, 15) is 0 Å². The maximum absolute atomic E-state index is 5.81. The molecule has 3 nitrogen and oxygen atoms in total. The lowest BCUT2D eigenvalue weighted by Gasteiger charge is -2.10. The van der Waals surface area contributed by atoms with E-state index in [4.69, 9.17) is 4.74 Å². The third-order valence-electron chi connectivity index (χ3n) is 2.97. The molecule has 106 valence electrons. The van der Waals surface area contributed by atoms with Gasteiger partial charge in [-0.1, -0.05) is 13.0 Å². The lowest BCUT2D eigenvalue weighted by Crippen LogP contribution is -2.14. The zero-order chi connectivity index (χ0) is 14.4. The van der Waals surface area contributed by atoms with Crippen LogP contribution in [0, 0.1) is 6.92 Å². The Balaban J connectivity index is 2.05. The minimum atomic E-state index is 0.732. The van der Waals surface area contributed by atoms with Gasteiger partial charge in [-0.25, -0.2) is 0 Å². The second kappa shape index (κ2) is 7.41. The Morgan fingerprint density at radius 1 is 1.20 bits per heavy atom. The van der Waals surface area contributed by atoms with E-state index < -0.39 is 0 Å². The minimum Gasteiger partial charge on any atom is -0.456 e. The van der Waals surface area contributed by atoms with E-state index >= 15 is 0 Å². The normalized spacial score (nSPS) is 10.6. The van der Waals surface area contributed by atoms with Gasteiger partial charge in [-0.05, 0) is 65.1 Å². The first-order chi connectivity index (χ1) is 9.69. The fraction of sp³-hybridized carbons (Fsp3) is 0.312. The summed E-state index contributed by atoms with van der Waals surface area (Å²) < 4.78 is 6.72. The Morgan fingerprint density at radius 3 is 2.75 bits per heavy atom. The molecule has 2 rings (SSSR count). The summed E-state index contributed by atoms with van der Waals surface area (Å²) in [5.41, 5.74) is 2.53. The van der Waals surface area contributed by atoms with Crippen molar-refractivity contribution in [1.29, 1.82) is 0 Å². The van der Waals surface area contributed by atoms with Crippen molar-refractivity contribution in [1.82, 2.24) is 10.3 Å². The minimum absolute atomic E-state index is 0.732. The van der Waals surface area contributed by atoms with Crippen LogP contribution in [0.15, 0.2) is 41.1 Å². The second-order valence-corrected chi connectivity index (χ2v) is 5.62. The van der Waals surface area contributed by atoms with E-state index in [2.05, 4.69) is 52.2 Å². The van der Waals surface area contributed by atoms with Crippen molar-refractivity contribution >= 4 is 15.9 Å². The van der Waals surface area contributed by atoms with Crippen molar-refractivity contribution in [2.75, 3.05) is 6.54 Å². The van der Waals surface area contributed by atoms with Gasteiger partial charge in [0.05, 0.1) is 6.20 Å². The molecular formula is C16H19BrN2O. The van der Waals surface area contributed by atoms with Gasteiger partial charge in [0.1, 0.15) is 11.5 Å². The number of hydrogen-bond acceptors (Lipinski definition) is 3. The van der Waals surface area contributed by atoms with Gasteiger partial charge in [-0.3, -0.25) is 4.98 Å². The van der Waals surface area contributed by atoms with E-state index in [1.165, 1.54) is 11.1 Å². The van der Waals surface area contributed by atoms with Crippen LogP contribution in [0.1, 0.15) is 24.5 Å². The van der Waals surface area contributed by atoms with Crippen LogP contribution in [0.5, 0.6) is 11.5 Å². The monoisotopic (exact) mass is 334 g/mol. The van der Waals surface area contributed by atoms with Gasteiger partial charge in [-0.2, -0.15) is 0 Å². The van der Waals surface area contributed by atoms with Crippen molar-refractivity contribution in [3.05, 3.63) is 52.3 Å². The zero-order valence-electron chi connectivity index (χ0n) is 11.8. The van der Waals surface area contributed by atoms with Crippen molar-refractivity contribution < 1.29 is 4.74 Å². The fourth-order valence-electron chi connectivity index (χ4n) is 1.91. The number of hydrogen-bond donors (Lipinski definition) is 1. The number of nitrogens with one attached hydrogen (secondary N) is 1. The highest BCUT2D eigenvalue weighted by atomic mass is 79.9. The van der Waals surface area contributed by atoms with Gasteiger partial charge in [0, 0.05) is 17.2 Å². The molecule has 0 saturated carbocycles. The van der Waals surface area contributed by atoms with Crippen molar-refractivity contribution in [2.24, 2.45) is 0 Å². The molecule has 0 aliphatic carbocycles. The highest BCUT2D eigenvalue weighted by molar-refractivity contribution is 9.10. The number of halogens is 1. The molecule has 0 unspecified atom stereocenters. The summed E-state index contributed by atoms with van der Waals surface area (Å²) in [6.45, 7) is 6.22. The molecule has 1 heterocycles. The standard InChI is InChI=1S/C16H19BrN2O/c1-3-6-18-9-13-4-5-15(7-12(13)2)20-16-8-14(17)10-19-11-16/h4-5,7-8,10-11,18H,3,6,9H2,1-2H3. The number of aromatic nitrogens is 1. The van der Waals surface area contributed by atoms with Crippen LogP contribution in [0.2, 0.25) is 0 Å². The average molecular weight is 335 g/mol. The average Bonchev–Trinajstić information content (AvgIpc) is 2.41. The topological polar surface area (TPSA) is 34.1 Å². The number of nitrogens with zero attached hydrogens (tertiary/aromatic N) is 1. The summed E-state index contributed by atoms with van der Waals surface area (Å²) in [6.07, 6.45) is 4.59. The van der Waals surface area contributed by atoms with E-state index in [1.807, 2.05) is 12.1 Å². The van der Waals surface area contributed by atoms with Crippen LogP contribution in [-0.4, -0.2) is 11.5 Å². The van der Waals surface area contributed by atoms with Crippen LogP contribution in [0.4, 0.5) is 0 Å². The zero-order valence-corrected chi connectivity index (χ0v) is 13.4.